The van der Waals surface area contributed by atoms with E-state index in [1.54, 1.807) is 6.33 Å². The van der Waals surface area contributed by atoms with Gasteiger partial charge in [0.25, 0.3) is 0 Å². The third-order valence-electron chi connectivity index (χ3n) is 2.46. The molecule has 13 heavy (non-hydrogen) atoms. The minimum atomic E-state index is 0.620. The van der Waals surface area contributed by atoms with Crippen molar-refractivity contribution in [3.05, 3.63) is 18.1 Å². The van der Waals surface area contributed by atoms with Crippen molar-refractivity contribution in [2.24, 2.45) is 0 Å². The summed E-state index contributed by atoms with van der Waals surface area (Å²) in [7, 11) is 1.99. The molecule has 1 aromatic heterocycles. The van der Waals surface area contributed by atoms with Crippen molar-refractivity contribution in [2.45, 2.75) is 13.0 Å². The van der Waals surface area contributed by atoms with Gasteiger partial charge in [-0.25, -0.2) is 9.97 Å². The Morgan fingerprint density at radius 3 is 2.92 bits per heavy atom. The van der Waals surface area contributed by atoms with Crippen LogP contribution in [0.1, 0.15) is 5.56 Å². The highest BCUT2D eigenvalue weighted by molar-refractivity contribution is 5.47. The zero-order valence-electron chi connectivity index (χ0n) is 7.99. The van der Waals surface area contributed by atoms with Crippen LogP contribution >= 0.6 is 0 Å². The van der Waals surface area contributed by atoms with Crippen molar-refractivity contribution < 1.29 is 0 Å². The highest BCUT2D eigenvalue weighted by Crippen LogP contribution is 2.20. The van der Waals surface area contributed by atoms with Crippen LogP contribution < -0.4 is 10.2 Å². The molecule has 1 aliphatic heterocycles. The van der Waals surface area contributed by atoms with Crippen LogP contribution in [0.15, 0.2) is 12.5 Å². The Kier molecular flexibility index (Phi) is 2.14. The first kappa shape index (κ1) is 8.44. The van der Waals surface area contributed by atoms with Gasteiger partial charge in [-0.05, 0) is 14.0 Å². The lowest BCUT2D eigenvalue weighted by Crippen LogP contribution is -2.57. The first-order valence-corrected chi connectivity index (χ1v) is 4.50. The van der Waals surface area contributed by atoms with Crippen LogP contribution in [0.3, 0.4) is 0 Å². The molecule has 2 rings (SSSR count). The van der Waals surface area contributed by atoms with Gasteiger partial charge in [-0.3, -0.25) is 0 Å². The van der Waals surface area contributed by atoms with Gasteiger partial charge in [0.15, 0.2) is 0 Å². The molecule has 0 bridgehead atoms. The van der Waals surface area contributed by atoms with Crippen LogP contribution in [-0.4, -0.2) is 36.1 Å². The van der Waals surface area contributed by atoms with E-state index < -0.39 is 0 Å². The highest BCUT2D eigenvalue weighted by atomic mass is 15.3. The Hall–Kier alpha value is -1.16. The number of hydrogen-bond donors (Lipinski definition) is 1. The molecule has 0 atom stereocenters. The lowest BCUT2D eigenvalue weighted by Gasteiger charge is -2.40. The smallest absolute Gasteiger partial charge is 0.134 e. The van der Waals surface area contributed by atoms with Crippen molar-refractivity contribution in [1.82, 2.24) is 15.3 Å². The molecule has 0 aliphatic carbocycles. The monoisotopic (exact) mass is 178 g/mol. The van der Waals surface area contributed by atoms with Gasteiger partial charge in [0.1, 0.15) is 12.1 Å². The van der Waals surface area contributed by atoms with E-state index in [-0.39, 0.29) is 0 Å². The zero-order chi connectivity index (χ0) is 9.26. The lowest BCUT2D eigenvalue weighted by atomic mass is 10.1. The summed E-state index contributed by atoms with van der Waals surface area (Å²) in [5, 5.41) is 3.24. The molecule has 0 aromatic carbocycles. The van der Waals surface area contributed by atoms with Crippen LogP contribution in [0, 0.1) is 6.92 Å². The number of nitrogens with one attached hydrogen (secondary N) is 1. The predicted molar refractivity (Wildman–Crippen MR) is 51.8 cm³/mol. The molecule has 0 saturated carbocycles. The van der Waals surface area contributed by atoms with Crippen molar-refractivity contribution in [1.29, 1.82) is 0 Å². The van der Waals surface area contributed by atoms with Crippen molar-refractivity contribution in [3.8, 4) is 0 Å². The van der Waals surface area contributed by atoms with Gasteiger partial charge >= 0.3 is 0 Å². The van der Waals surface area contributed by atoms with E-state index in [0.29, 0.717) is 6.04 Å². The van der Waals surface area contributed by atoms with Crippen LogP contribution in [0.5, 0.6) is 0 Å². The van der Waals surface area contributed by atoms with Crippen molar-refractivity contribution in [3.63, 3.8) is 0 Å². The molecule has 1 aromatic rings. The van der Waals surface area contributed by atoms with Crippen LogP contribution in [0.2, 0.25) is 0 Å². The molecule has 0 spiro atoms. The second kappa shape index (κ2) is 3.30. The van der Waals surface area contributed by atoms with Gasteiger partial charge in [-0.15, -0.1) is 0 Å². The van der Waals surface area contributed by atoms with Gasteiger partial charge in [0.05, 0.1) is 0 Å². The first-order chi connectivity index (χ1) is 6.31. The first-order valence-electron chi connectivity index (χ1n) is 4.50. The van der Waals surface area contributed by atoms with Crippen molar-refractivity contribution >= 4 is 5.82 Å². The zero-order valence-corrected chi connectivity index (χ0v) is 7.99. The standard InChI is InChI=1S/C9H14N4/c1-7-3-11-6-12-9(7)13-4-8(5-13)10-2/h3,6,8,10H,4-5H2,1-2H3. The quantitative estimate of drug-likeness (QED) is 0.702. The Bertz CT molecular complexity index is 293. The van der Waals surface area contributed by atoms with E-state index in [9.17, 15) is 0 Å². The average Bonchev–Trinajstić information content (AvgIpc) is 2.06. The topological polar surface area (TPSA) is 41.0 Å². The molecule has 1 saturated heterocycles. The molecule has 0 unspecified atom stereocenters. The number of likely N-dealkylation sites (N-methyl/N-ethyl adjacent to an activating group) is 1. The summed E-state index contributed by atoms with van der Waals surface area (Å²) in [5.41, 5.74) is 1.15. The molecule has 4 heteroatoms. The maximum absolute atomic E-state index is 4.26. The molecular weight excluding hydrogens is 164 g/mol. The molecule has 1 N–H and O–H groups in total. The highest BCUT2D eigenvalue weighted by Gasteiger charge is 2.26. The summed E-state index contributed by atoms with van der Waals surface area (Å²) < 4.78 is 0. The number of rotatable bonds is 2. The number of aryl methyl sites for hydroxylation is 1. The molecule has 2 heterocycles. The lowest BCUT2D eigenvalue weighted by molar-refractivity contribution is 0.446. The fourth-order valence-electron chi connectivity index (χ4n) is 1.56. The number of nitrogens with zero attached hydrogens (tertiary/aromatic N) is 3. The number of hydrogen-bond acceptors (Lipinski definition) is 4. The third kappa shape index (κ3) is 1.49. The molecule has 1 fully saturated rings. The third-order valence-corrected chi connectivity index (χ3v) is 2.46. The van der Waals surface area contributed by atoms with Gasteiger partial charge in [-0.1, -0.05) is 0 Å². The Balaban J connectivity index is 2.07. The summed E-state index contributed by atoms with van der Waals surface area (Å²) >= 11 is 0. The Labute approximate surface area is 78.0 Å². The number of anilines is 1. The van der Waals surface area contributed by atoms with Crippen molar-refractivity contribution in [2.75, 3.05) is 25.0 Å². The van der Waals surface area contributed by atoms with Gasteiger partial charge in [0.2, 0.25) is 0 Å². The number of aromatic nitrogens is 2. The van der Waals surface area contributed by atoms with E-state index in [0.717, 1.165) is 24.5 Å². The van der Waals surface area contributed by atoms with Gasteiger partial charge < -0.3 is 10.2 Å². The summed E-state index contributed by atoms with van der Waals surface area (Å²) in [6, 6.07) is 0.620. The Morgan fingerprint density at radius 2 is 2.31 bits per heavy atom. The molecular formula is C9H14N4. The van der Waals surface area contributed by atoms with Crippen LogP contribution in [-0.2, 0) is 0 Å². The summed E-state index contributed by atoms with van der Waals surface area (Å²) in [4.78, 5) is 10.5. The molecule has 70 valence electrons. The molecule has 0 amide bonds. The minimum Gasteiger partial charge on any atom is -0.353 e. The van der Waals surface area contributed by atoms with Crippen LogP contribution in [0.4, 0.5) is 5.82 Å². The van der Waals surface area contributed by atoms with E-state index in [1.807, 2.05) is 20.2 Å². The van der Waals surface area contributed by atoms with Gasteiger partial charge in [-0.2, -0.15) is 0 Å². The largest absolute Gasteiger partial charge is 0.353 e. The minimum absolute atomic E-state index is 0.620. The average molecular weight is 178 g/mol. The second-order valence-corrected chi connectivity index (χ2v) is 3.42. The fraction of sp³-hybridized carbons (Fsp3) is 0.556. The molecule has 4 nitrogen and oxygen atoms in total. The Morgan fingerprint density at radius 1 is 1.54 bits per heavy atom. The van der Waals surface area contributed by atoms with Crippen LogP contribution in [0.25, 0.3) is 0 Å². The van der Waals surface area contributed by atoms with Gasteiger partial charge in [0, 0.05) is 30.9 Å². The van der Waals surface area contributed by atoms with E-state index in [1.165, 1.54) is 0 Å². The second-order valence-electron chi connectivity index (χ2n) is 3.42. The summed E-state index contributed by atoms with van der Waals surface area (Å²) in [6.07, 6.45) is 3.46. The van der Waals surface area contributed by atoms with E-state index >= 15 is 0 Å². The van der Waals surface area contributed by atoms with E-state index in [2.05, 4.69) is 20.2 Å². The summed E-state index contributed by atoms with van der Waals surface area (Å²) in [5.74, 6) is 1.07. The molecule has 0 radical (unpaired) electrons. The predicted octanol–water partition coefficient (Wildman–Crippen LogP) is 0.193. The SMILES string of the molecule is CNC1CN(c2ncncc2C)C1. The van der Waals surface area contributed by atoms with E-state index in [4.69, 9.17) is 0 Å². The molecule has 1 aliphatic rings. The normalized spacial score (nSPS) is 17.2. The maximum atomic E-state index is 4.26. The fourth-order valence-corrected chi connectivity index (χ4v) is 1.56. The summed E-state index contributed by atoms with van der Waals surface area (Å²) in [6.45, 7) is 4.14. The maximum Gasteiger partial charge on any atom is 0.134 e.